The summed E-state index contributed by atoms with van der Waals surface area (Å²) >= 11 is 0. The third-order valence-corrected chi connectivity index (χ3v) is 7.16. The van der Waals surface area contributed by atoms with E-state index in [0.29, 0.717) is 24.1 Å². The van der Waals surface area contributed by atoms with Gasteiger partial charge in [0.2, 0.25) is 15.9 Å². The van der Waals surface area contributed by atoms with Crippen LogP contribution in [0.2, 0.25) is 0 Å². The number of hydrogen-bond acceptors (Lipinski definition) is 6. The van der Waals surface area contributed by atoms with Crippen LogP contribution < -0.4 is 0 Å². The maximum absolute atomic E-state index is 13.1. The Morgan fingerprint density at radius 1 is 1.03 bits per heavy atom. The predicted molar refractivity (Wildman–Crippen MR) is 110 cm³/mol. The SMILES string of the molecule is O=C(OCc1coc(-c2ccc(F)cc2)n1)C1CCN(S(=O)(=O)c2ccc(F)cc2)CC1. The average Bonchev–Trinajstić information content (AvgIpc) is 3.27. The molecule has 3 aromatic rings. The minimum absolute atomic E-state index is 0.0166. The molecule has 0 atom stereocenters. The molecular weight excluding hydrogens is 442 g/mol. The summed E-state index contributed by atoms with van der Waals surface area (Å²) in [6.45, 7) is 0.244. The Morgan fingerprint density at radius 3 is 2.25 bits per heavy atom. The van der Waals surface area contributed by atoms with Gasteiger partial charge in [-0.05, 0) is 61.4 Å². The Hall–Kier alpha value is -3.11. The molecule has 2 aromatic carbocycles. The number of benzene rings is 2. The lowest BCUT2D eigenvalue weighted by molar-refractivity contribution is -0.151. The van der Waals surface area contributed by atoms with Gasteiger partial charge in [-0.1, -0.05) is 0 Å². The number of hydrogen-bond donors (Lipinski definition) is 0. The largest absolute Gasteiger partial charge is 0.459 e. The van der Waals surface area contributed by atoms with Crippen LogP contribution in [0.15, 0.2) is 64.1 Å². The van der Waals surface area contributed by atoms with Gasteiger partial charge in [0.1, 0.15) is 30.2 Å². The number of carbonyl (C=O) groups excluding carboxylic acids is 1. The van der Waals surface area contributed by atoms with Crippen LogP contribution in [-0.4, -0.2) is 36.8 Å². The number of ether oxygens (including phenoxy) is 1. The molecule has 7 nitrogen and oxygen atoms in total. The van der Waals surface area contributed by atoms with E-state index in [2.05, 4.69) is 4.98 Å². The van der Waals surface area contributed by atoms with Gasteiger partial charge in [0.15, 0.2) is 0 Å². The van der Waals surface area contributed by atoms with Crippen molar-refractivity contribution in [3.05, 3.63) is 72.1 Å². The van der Waals surface area contributed by atoms with Gasteiger partial charge in [-0.15, -0.1) is 0 Å². The summed E-state index contributed by atoms with van der Waals surface area (Å²) in [5, 5.41) is 0. The molecule has 4 rings (SSSR count). The molecule has 0 unspecified atom stereocenters. The first-order chi connectivity index (χ1) is 15.3. The number of carbonyl (C=O) groups is 1. The highest BCUT2D eigenvalue weighted by molar-refractivity contribution is 7.89. The zero-order chi connectivity index (χ0) is 22.7. The molecule has 0 radical (unpaired) electrons. The quantitative estimate of drug-likeness (QED) is 0.518. The van der Waals surface area contributed by atoms with Crippen molar-refractivity contribution < 1.29 is 31.1 Å². The first-order valence-corrected chi connectivity index (χ1v) is 11.4. The smallest absolute Gasteiger partial charge is 0.309 e. The van der Waals surface area contributed by atoms with Crippen molar-refractivity contribution >= 4 is 16.0 Å². The van der Waals surface area contributed by atoms with E-state index >= 15 is 0 Å². The fourth-order valence-electron chi connectivity index (χ4n) is 3.45. The normalized spacial score (nSPS) is 15.6. The number of oxazole rings is 1. The highest BCUT2D eigenvalue weighted by atomic mass is 32.2. The topological polar surface area (TPSA) is 89.7 Å². The Labute approximate surface area is 183 Å². The first kappa shape index (κ1) is 22.1. The summed E-state index contributed by atoms with van der Waals surface area (Å²) in [4.78, 5) is 16.7. The van der Waals surface area contributed by atoms with Crippen molar-refractivity contribution in [3.63, 3.8) is 0 Å². The molecule has 10 heteroatoms. The standard InChI is InChI=1S/C22H20F2N2O5S/c23-17-3-1-15(2-4-17)21-25-19(13-30-21)14-31-22(27)16-9-11-26(12-10-16)32(28,29)20-7-5-18(24)6-8-20/h1-8,13,16H,9-12,14H2. The molecule has 1 aromatic heterocycles. The number of nitrogens with zero attached hydrogens (tertiary/aromatic N) is 2. The number of piperidine rings is 1. The molecule has 1 fully saturated rings. The highest BCUT2D eigenvalue weighted by Crippen LogP contribution is 2.25. The van der Waals surface area contributed by atoms with E-state index in [1.54, 1.807) is 0 Å². The Morgan fingerprint density at radius 2 is 1.62 bits per heavy atom. The van der Waals surface area contributed by atoms with Gasteiger partial charge < -0.3 is 9.15 Å². The summed E-state index contributed by atoms with van der Waals surface area (Å²) < 4.78 is 63.4. The maximum atomic E-state index is 13.1. The van der Waals surface area contributed by atoms with Gasteiger partial charge in [-0.25, -0.2) is 22.2 Å². The van der Waals surface area contributed by atoms with Gasteiger partial charge >= 0.3 is 5.97 Å². The Kier molecular flexibility index (Phi) is 6.33. The van der Waals surface area contributed by atoms with Gasteiger partial charge in [-0.3, -0.25) is 4.79 Å². The van der Waals surface area contributed by atoms with Gasteiger partial charge in [0, 0.05) is 18.7 Å². The number of rotatable bonds is 6. The van der Waals surface area contributed by atoms with Crippen LogP contribution in [0.1, 0.15) is 18.5 Å². The fourth-order valence-corrected chi connectivity index (χ4v) is 4.92. The number of esters is 1. The Bertz CT molecular complexity index is 1190. The average molecular weight is 462 g/mol. The molecule has 0 amide bonds. The molecule has 0 N–H and O–H groups in total. The number of sulfonamides is 1. The predicted octanol–water partition coefficient (Wildman–Crippen LogP) is 3.76. The van der Waals surface area contributed by atoms with E-state index < -0.39 is 27.7 Å². The second-order valence-electron chi connectivity index (χ2n) is 7.39. The second-order valence-corrected chi connectivity index (χ2v) is 9.33. The molecule has 2 heterocycles. The van der Waals surface area contributed by atoms with Crippen LogP contribution in [0.4, 0.5) is 8.78 Å². The van der Waals surface area contributed by atoms with E-state index in [4.69, 9.17) is 9.15 Å². The molecule has 32 heavy (non-hydrogen) atoms. The summed E-state index contributed by atoms with van der Waals surface area (Å²) in [7, 11) is -3.74. The molecule has 0 aliphatic carbocycles. The van der Waals surface area contributed by atoms with Crippen LogP contribution in [0.3, 0.4) is 0 Å². The van der Waals surface area contributed by atoms with Crippen molar-refractivity contribution in [1.82, 2.24) is 9.29 Å². The lowest BCUT2D eigenvalue weighted by atomic mass is 9.98. The van der Waals surface area contributed by atoms with Crippen molar-refractivity contribution in [2.45, 2.75) is 24.3 Å². The van der Waals surface area contributed by atoms with Crippen molar-refractivity contribution in [2.75, 3.05) is 13.1 Å². The van der Waals surface area contributed by atoms with E-state index in [1.165, 1.54) is 47.0 Å². The van der Waals surface area contributed by atoms with E-state index in [1.807, 2.05) is 0 Å². The summed E-state index contributed by atoms with van der Waals surface area (Å²) in [6, 6.07) is 10.3. The fraction of sp³-hybridized carbons (Fsp3) is 0.273. The van der Waals surface area contributed by atoms with Crippen LogP contribution in [0, 0.1) is 17.6 Å². The number of halogens is 2. The summed E-state index contributed by atoms with van der Waals surface area (Å²) in [5.41, 5.74) is 1.01. The monoisotopic (exact) mass is 462 g/mol. The molecule has 0 spiro atoms. The molecule has 1 aliphatic rings. The third-order valence-electron chi connectivity index (χ3n) is 5.24. The van der Waals surface area contributed by atoms with E-state index in [-0.39, 0.29) is 36.3 Å². The highest BCUT2D eigenvalue weighted by Gasteiger charge is 2.33. The van der Waals surface area contributed by atoms with Crippen molar-refractivity contribution in [3.8, 4) is 11.5 Å². The third kappa shape index (κ3) is 4.86. The minimum atomic E-state index is -3.74. The molecule has 1 saturated heterocycles. The van der Waals surface area contributed by atoms with E-state index in [0.717, 1.165) is 12.1 Å². The van der Waals surface area contributed by atoms with Crippen molar-refractivity contribution in [2.24, 2.45) is 5.92 Å². The van der Waals surface area contributed by atoms with Crippen LogP contribution in [-0.2, 0) is 26.2 Å². The van der Waals surface area contributed by atoms with Gasteiger partial charge in [-0.2, -0.15) is 4.31 Å². The number of aromatic nitrogens is 1. The molecule has 0 saturated carbocycles. The molecule has 1 aliphatic heterocycles. The second kappa shape index (κ2) is 9.17. The zero-order valence-corrected chi connectivity index (χ0v) is 17.7. The van der Waals surface area contributed by atoms with Gasteiger partial charge in [0.05, 0.1) is 10.8 Å². The minimum Gasteiger partial charge on any atom is -0.459 e. The summed E-state index contributed by atoms with van der Waals surface area (Å²) in [6.07, 6.45) is 2.00. The molecule has 0 bridgehead atoms. The van der Waals surface area contributed by atoms with Crippen molar-refractivity contribution in [1.29, 1.82) is 0 Å². The zero-order valence-electron chi connectivity index (χ0n) is 16.9. The lowest BCUT2D eigenvalue weighted by Gasteiger charge is -2.30. The maximum Gasteiger partial charge on any atom is 0.309 e. The molecular formula is C22H20F2N2O5S. The lowest BCUT2D eigenvalue weighted by Crippen LogP contribution is -2.40. The van der Waals surface area contributed by atoms with E-state index in [9.17, 15) is 22.0 Å². The van der Waals surface area contributed by atoms with Crippen LogP contribution in [0.5, 0.6) is 0 Å². The summed E-state index contributed by atoms with van der Waals surface area (Å²) in [5.74, 6) is -1.46. The van der Waals surface area contributed by atoms with Gasteiger partial charge in [0.25, 0.3) is 0 Å². The van der Waals surface area contributed by atoms with Crippen LogP contribution >= 0.6 is 0 Å². The molecule has 168 valence electrons. The van der Waals surface area contributed by atoms with Crippen LogP contribution in [0.25, 0.3) is 11.5 Å². The first-order valence-electron chi connectivity index (χ1n) is 9.95. The Balaban J connectivity index is 1.29.